The highest BCUT2D eigenvalue weighted by atomic mass is 16.2. The van der Waals surface area contributed by atoms with Gasteiger partial charge in [-0.2, -0.15) is 0 Å². The Balaban J connectivity index is 1.35. The summed E-state index contributed by atoms with van der Waals surface area (Å²) in [6.07, 6.45) is 14.0. The average Bonchev–Trinajstić information content (AvgIpc) is 3.37. The molecule has 2 N–H and O–H groups in total. The topological polar surface area (TPSA) is 71.6 Å². The standard InChI is InChI=1S/C25H38N4O2/c1-18-17-20(19(2)29(18)22-7-4-3-5-8-22)10-11-24(30)27-15-12-21(13-16-27)28-14-6-9-23(28)25(26)31/h10-11,17,21-23H,3-9,12-16H2,1-2H3,(H2,26,31). The van der Waals surface area contributed by atoms with Crippen molar-refractivity contribution in [1.29, 1.82) is 0 Å². The first-order valence-corrected chi connectivity index (χ1v) is 12.2. The third-order valence-electron chi connectivity index (χ3n) is 7.74. The molecular formula is C25H38N4O2. The maximum absolute atomic E-state index is 12.8. The van der Waals surface area contributed by atoms with Crippen LogP contribution in [0.25, 0.3) is 6.08 Å². The number of carbonyl (C=O) groups is 2. The van der Waals surface area contributed by atoms with Crippen LogP contribution in [0.5, 0.6) is 0 Å². The van der Waals surface area contributed by atoms with E-state index in [1.807, 2.05) is 11.0 Å². The van der Waals surface area contributed by atoms with E-state index in [9.17, 15) is 9.59 Å². The minimum Gasteiger partial charge on any atom is -0.368 e. The smallest absolute Gasteiger partial charge is 0.246 e. The zero-order valence-electron chi connectivity index (χ0n) is 19.2. The Morgan fingerprint density at radius 1 is 0.935 bits per heavy atom. The fourth-order valence-electron chi connectivity index (χ4n) is 6.09. The summed E-state index contributed by atoms with van der Waals surface area (Å²) in [6.45, 7) is 6.81. The molecule has 3 aliphatic rings. The summed E-state index contributed by atoms with van der Waals surface area (Å²) >= 11 is 0. The van der Waals surface area contributed by atoms with Crippen LogP contribution in [0, 0.1) is 13.8 Å². The molecule has 6 nitrogen and oxygen atoms in total. The van der Waals surface area contributed by atoms with Gasteiger partial charge in [0.25, 0.3) is 0 Å². The second-order valence-electron chi connectivity index (χ2n) is 9.68. The van der Waals surface area contributed by atoms with Gasteiger partial charge in [0.15, 0.2) is 0 Å². The molecule has 4 rings (SSSR count). The Kier molecular flexibility index (Phi) is 6.85. The van der Waals surface area contributed by atoms with Crippen molar-refractivity contribution in [3.63, 3.8) is 0 Å². The molecule has 1 unspecified atom stereocenters. The number of nitrogens with two attached hydrogens (primary N) is 1. The Morgan fingerprint density at radius 3 is 2.32 bits per heavy atom. The molecule has 2 aliphatic heterocycles. The van der Waals surface area contributed by atoms with Gasteiger partial charge in [-0.15, -0.1) is 0 Å². The molecule has 1 aliphatic carbocycles. The van der Waals surface area contributed by atoms with Crippen LogP contribution in [-0.2, 0) is 9.59 Å². The molecule has 6 heteroatoms. The van der Waals surface area contributed by atoms with Crippen LogP contribution in [0.4, 0.5) is 0 Å². The van der Waals surface area contributed by atoms with E-state index < -0.39 is 0 Å². The molecule has 2 saturated heterocycles. The number of rotatable bonds is 5. The first kappa shape index (κ1) is 22.1. The molecule has 31 heavy (non-hydrogen) atoms. The third-order valence-corrected chi connectivity index (χ3v) is 7.74. The molecule has 2 amide bonds. The highest BCUT2D eigenvalue weighted by Gasteiger charge is 2.36. The molecule has 0 radical (unpaired) electrons. The van der Waals surface area contributed by atoms with Crippen molar-refractivity contribution in [1.82, 2.24) is 14.4 Å². The molecule has 1 saturated carbocycles. The predicted molar refractivity (Wildman–Crippen MR) is 124 cm³/mol. The number of likely N-dealkylation sites (tertiary alicyclic amines) is 2. The van der Waals surface area contributed by atoms with Crippen LogP contribution < -0.4 is 5.73 Å². The largest absolute Gasteiger partial charge is 0.368 e. The van der Waals surface area contributed by atoms with E-state index in [0.29, 0.717) is 12.1 Å². The minimum absolute atomic E-state index is 0.0915. The first-order chi connectivity index (χ1) is 15.0. The van der Waals surface area contributed by atoms with Crippen LogP contribution in [0.15, 0.2) is 12.1 Å². The normalized spacial score (nSPS) is 24.3. The second-order valence-corrected chi connectivity index (χ2v) is 9.68. The summed E-state index contributed by atoms with van der Waals surface area (Å²) in [5.74, 6) is -0.112. The van der Waals surface area contributed by atoms with Crippen LogP contribution in [-0.4, -0.2) is 57.9 Å². The summed E-state index contributed by atoms with van der Waals surface area (Å²) in [4.78, 5) is 28.8. The summed E-state index contributed by atoms with van der Waals surface area (Å²) in [7, 11) is 0. The van der Waals surface area contributed by atoms with Crippen molar-refractivity contribution < 1.29 is 9.59 Å². The fraction of sp³-hybridized carbons (Fsp3) is 0.680. The Hall–Kier alpha value is -2.08. The van der Waals surface area contributed by atoms with Crippen molar-refractivity contribution in [3.8, 4) is 0 Å². The third kappa shape index (κ3) is 4.74. The fourth-order valence-corrected chi connectivity index (χ4v) is 6.09. The van der Waals surface area contributed by atoms with Gasteiger partial charge in [-0.1, -0.05) is 19.3 Å². The second kappa shape index (κ2) is 9.60. The Labute approximate surface area is 186 Å². The number of amides is 2. The lowest BCUT2D eigenvalue weighted by Crippen LogP contribution is -2.51. The zero-order chi connectivity index (χ0) is 22.0. The molecule has 0 spiro atoms. The molecule has 1 aromatic heterocycles. The molecule has 3 fully saturated rings. The molecule has 0 aromatic carbocycles. The lowest BCUT2D eigenvalue weighted by Gasteiger charge is -2.38. The number of hydrogen-bond acceptors (Lipinski definition) is 3. The quantitative estimate of drug-likeness (QED) is 0.732. The van der Waals surface area contributed by atoms with Gasteiger partial charge < -0.3 is 15.2 Å². The van der Waals surface area contributed by atoms with Gasteiger partial charge in [0.1, 0.15) is 0 Å². The van der Waals surface area contributed by atoms with Gasteiger partial charge >= 0.3 is 0 Å². The maximum atomic E-state index is 12.8. The number of hydrogen-bond donors (Lipinski definition) is 1. The van der Waals surface area contributed by atoms with Gasteiger partial charge in [0.05, 0.1) is 6.04 Å². The number of primary amides is 1. The van der Waals surface area contributed by atoms with Gasteiger partial charge in [-0.25, -0.2) is 0 Å². The van der Waals surface area contributed by atoms with Gasteiger partial charge in [-0.05, 0) is 76.6 Å². The Bertz CT molecular complexity index is 829. The van der Waals surface area contributed by atoms with Crippen molar-refractivity contribution in [2.75, 3.05) is 19.6 Å². The van der Waals surface area contributed by atoms with E-state index in [1.54, 1.807) is 6.08 Å². The first-order valence-electron chi connectivity index (χ1n) is 12.2. The van der Waals surface area contributed by atoms with Crippen LogP contribution in [0.3, 0.4) is 0 Å². The van der Waals surface area contributed by atoms with Crippen molar-refractivity contribution in [3.05, 3.63) is 29.1 Å². The van der Waals surface area contributed by atoms with Crippen LogP contribution >= 0.6 is 0 Å². The summed E-state index contributed by atoms with van der Waals surface area (Å²) in [6, 6.07) is 3.08. The number of aromatic nitrogens is 1. The van der Waals surface area contributed by atoms with Gasteiger partial charge in [0.2, 0.25) is 11.8 Å². The van der Waals surface area contributed by atoms with Gasteiger partial charge in [0, 0.05) is 42.6 Å². The number of carbonyl (C=O) groups excluding carboxylic acids is 2. The summed E-state index contributed by atoms with van der Waals surface area (Å²) in [5, 5.41) is 0. The van der Waals surface area contributed by atoms with E-state index in [0.717, 1.165) is 50.9 Å². The predicted octanol–water partition coefficient (Wildman–Crippen LogP) is 3.56. The lowest BCUT2D eigenvalue weighted by atomic mass is 9.95. The average molecular weight is 427 g/mol. The monoisotopic (exact) mass is 426 g/mol. The van der Waals surface area contributed by atoms with E-state index in [4.69, 9.17) is 5.73 Å². The molecule has 3 heterocycles. The molecule has 1 atom stereocenters. The van der Waals surface area contributed by atoms with E-state index >= 15 is 0 Å². The van der Waals surface area contributed by atoms with Gasteiger partial charge in [-0.3, -0.25) is 14.5 Å². The maximum Gasteiger partial charge on any atom is 0.246 e. The van der Waals surface area contributed by atoms with E-state index in [1.165, 1.54) is 43.5 Å². The summed E-state index contributed by atoms with van der Waals surface area (Å²) < 4.78 is 2.49. The lowest BCUT2D eigenvalue weighted by molar-refractivity contribution is -0.129. The SMILES string of the molecule is Cc1cc(C=CC(=O)N2CCC(N3CCCC3C(N)=O)CC2)c(C)n1C1CCCCC1. The van der Waals surface area contributed by atoms with E-state index in [-0.39, 0.29) is 17.9 Å². The zero-order valence-corrected chi connectivity index (χ0v) is 19.2. The summed E-state index contributed by atoms with van der Waals surface area (Å²) in [5.41, 5.74) is 9.32. The van der Waals surface area contributed by atoms with Crippen LogP contribution in [0.1, 0.15) is 80.8 Å². The Morgan fingerprint density at radius 2 is 1.65 bits per heavy atom. The molecule has 170 valence electrons. The number of piperidine rings is 1. The molecule has 0 bridgehead atoms. The van der Waals surface area contributed by atoms with Crippen molar-refractivity contribution in [2.24, 2.45) is 5.73 Å². The van der Waals surface area contributed by atoms with Crippen molar-refractivity contribution in [2.45, 2.75) is 89.8 Å². The van der Waals surface area contributed by atoms with E-state index in [2.05, 4.69) is 29.4 Å². The minimum atomic E-state index is -0.204. The highest BCUT2D eigenvalue weighted by molar-refractivity contribution is 5.92. The van der Waals surface area contributed by atoms with Crippen LogP contribution in [0.2, 0.25) is 0 Å². The van der Waals surface area contributed by atoms with Crippen molar-refractivity contribution >= 4 is 17.9 Å². The molecule has 1 aromatic rings. The number of aryl methyl sites for hydroxylation is 1. The molecular weight excluding hydrogens is 388 g/mol. The highest BCUT2D eigenvalue weighted by Crippen LogP contribution is 2.32. The number of nitrogens with zero attached hydrogens (tertiary/aromatic N) is 3.